The number of rotatable bonds is 3. The van der Waals surface area contributed by atoms with Crippen molar-refractivity contribution in [1.82, 2.24) is 0 Å². The zero-order valence-electron chi connectivity index (χ0n) is 15.3. The van der Waals surface area contributed by atoms with E-state index in [0.717, 1.165) is 22.6 Å². The Hall–Kier alpha value is -3.71. The van der Waals surface area contributed by atoms with Crippen molar-refractivity contribution in [3.8, 4) is 22.3 Å². The van der Waals surface area contributed by atoms with Gasteiger partial charge in [-0.1, -0.05) is 97.1 Å². The second kappa shape index (κ2) is 6.79. The standard InChI is InChI=1S/C27H18O/c28-18-19-15-16-24-25(17-19)27(21-11-5-2-6-12-21)23-14-8-7-13-22(23)26(24)20-9-3-1-4-10-20/h1-18H. The van der Waals surface area contributed by atoms with E-state index in [4.69, 9.17) is 0 Å². The van der Waals surface area contributed by atoms with Gasteiger partial charge in [0.1, 0.15) is 6.29 Å². The van der Waals surface area contributed by atoms with Crippen LogP contribution in [0.25, 0.3) is 43.8 Å². The lowest BCUT2D eigenvalue weighted by molar-refractivity contribution is 0.112. The van der Waals surface area contributed by atoms with Crippen molar-refractivity contribution in [2.75, 3.05) is 0 Å². The van der Waals surface area contributed by atoms with Gasteiger partial charge in [-0.05, 0) is 49.9 Å². The van der Waals surface area contributed by atoms with E-state index in [0.29, 0.717) is 5.56 Å². The Kier molecular flexibility index (Phi) is 3.99. The maximum Gasteiger partial charge on any atom is 0.150 e. The summed E-state index contributed by atoms with van der Waals surface area (Å²) in [4.78, 5) is 11.5. The van der Waals surface area contributed by atoms with E-state index in [9.17, 15) is 4.79 Å². The SMILES string of the molecule is O=Cc1ccc2c(-c3ccccc3)c3ccccc3c(-c3ccccc3)c2c1. The van der Waals surface area contributed by atoms with Gasteiger partial charge in [0.05, 0.1) is 0 Å². The third-order valence-corrected chi connectivity index (χ3v) is 5.31. The van der Waals surface area contributed by atoms with Crippen molar-refractivity contribution in [3.05, 3.63) is 109 Å². The van der Waals surface area contributed by atoms with Gasteiger partial charge in [0, 0.05) is 5.56 Å². The Balaban J connectivity index is 2.03. The highest BCUT2D eigenvalue weighted by Gasteiger charge is 2.16. The fourth-order valence-electron chi connectivity index (χ4n) is 4.10. The monoisotopic (exact) mass is 358 g/mol. The van der Waals surface area contributed by atoms with E-state index in [1.807, 2.05) is 24.3 Å². The molecule has 0 aliphatic carbocycles. The maximum absolute atomic E-state index is 11.5. The summed E-state index contributed by atoms with van der Waals surface area (Å²) in [5, 5.41) is 4.68. The van der Waals surface area contributed by atoms with Crippen LogP contribution in [0.5, 0.6) is 0 Å². The second-order valence-electron chi connectivity index (χ2n) is 6.95. The van der Waals surface area contributed by atoms with E-state index in [1.54, 1.807) is 0 Å². The molecule has 0 amide bonds. The van der Waals surface area contributed by atoms with Crippen LogP contribution in [0.1, 0.15) is 10.4 Å². The molecule has 0 fully saturated rings. The normalized spacial score (nSPS) is 11.0. The third-order valence-electron chi connectivity index (χ3n) is 5.31. The van der Waals surface area contributed by atoms with E-state index in [2.05, 4.69) is 78.9 Å². The molecule has 0 saturated heterocycles. The van der Waals surface area contributed by atoms with Crippen LogP contribution < -0.4 is 0 Å². The van der Waals surface area contributed by atoms with Crippen molar-refractivity contribution < 1.29 is 4.79 Å². The molecule has 0 heterocycles. The molecule has 0 saturated carbocycles. The summed E-state index contributed by atoms with van der Waals surface area (Å²) in [7, 11) is 0. The first-order valence-corrected chi connectivity index (χ1v) is 9.41. The van der Waals surface area contributed by atoms with Crippen LogP contribution >= 0.6 is 0 Å². The maximum atomic E-state index is 11.5. The van der Waals surface area contributed by atoms with Gasteiger partial charge in [0.2, 0.25) is 0 Å². The minimum absolute atomic E-state index is 0.693. The molecule has 1 nitrogen and oxygen atoms in total. The Bertz CT molecular complexity index is 1300. The lowest BCUT2D eigenvalue weighted by atomic mass is 9.85. The minimum atomic E-state index is 0.693. The first kappa shape index (κ1) is 16.5. The van der Waals surface area contributed by atoms with Crippen molar-refractivity contribution in [3.63, 3.8) is 0 Å². The fraction of sp³-hybridized carbons (Fsp3) is 0. The van der Waals surface area contributed by atoms with Crippen LogP contribution in [0, 0.1) is 0 Å². The number of fused-ring (bicyclic) bond motifs is 2. The van der Waals surface area contributed by atoms with Gasteiger partial charge < -0.3 is 0 Å². The summed E-state index contributed by atoms with van der Waals surface area (Å²) < 4.78 is 0. The van der Waals surface area contributed by atoms with E-state index >= 15 is 0 Å². The molecule has 0 spiro atoms. The number of aldehydes is 1. The molecule has 0 atom stereocenters. The predicted octanol–water partition coefficient (Wildman–Crippen LogP) is 7.14. The highest BCUT2D eigenvalue weighted by molar-refractivity contribution is 6.21. The molecule has 0 unspecified atom stereocenters. The van der Waals surface area contributed by atoms with Crippen LogP contribution in [0.15, 0.2) is 103 Å². The third kappa shape index (κ3) is 2.60. The summed E-state index contributed by atoms with van der Waals surface area (Å²) in [6.45, 7) is 0. The molecule has 0 bridgehead atoms. The molecule has 5 aromatic carbocycles. The molecular formula is C27H18O. The molecule has 5 rings (SSSR count). The molecule has 0 radical (unpaired) electrons. The van der Waals surface area contributed by atoms with Gasteiger partial charge in [-0.3, -0.25) is 4.79 Å². The summed E-state index contributed by atoms with van der Waals surface area (Å²) in [6, 6.07) is 35.5. The van der Waals surface area contributed by atoms with Crippen molar-refractivity contribution in [2.45, 2.75) is 0 Å². The lowest BCUT2D eigenvalue weighted by Gasteiger charge is -2.18. The van der Waals surface area contributed by atoms with Gasteiger partial charge in [0.25, 0.3) is 0 Å². The van der Waals surface area contributed by atoms with Crippen molar-refractivity contribution in [2.24, 2.45) is 0 Å². The smallest absolute Gasteiger partial charge is 0.150 e. The quantitative estimate of drug-likeness (QED) is 0.247. The summed E-state index contributed by atoms with van der Waals surface area (Å²) in [5.74, 6) is 0. The van der Waals surface area contributed by atoms with Crippen molar-refractivity contribution >= 4 is 27.8 Å². The van der Waals surface area contributed by atoms with Crippen LogP contribution in [0.4, 0.5) is 0 Å². The Morgan fingerprint density at radius 3 is 1.46 bits per heavy atom. The minimum Gasteiger partial charge on any atom is -0.298 e. The largest absolute Gasteiger partial charge is 0.298 e. The molecule has 28 heavy (non-hydrogen) atoms. The molecular weight excluding hydrogens is 340 g/mol. The Morgan fingerprint density at radius 1 is 0.464 bits per heavy atom. The topological polar surface area (TPSA) is 17.1 Å². The Morgan fingerprint density at radius 2 is 0.929 bits per heavy atom. The molecule has 0 aliphatic rings. The number of hydrogen-bond donors (Lipinski definition) is 0. The molecule has 0 aliphatic heterocycles. The van der Waals surface area contributed by atoms with Gasteiger partial charge >= 0.3 is 0 Å². The predicted molar refractivity (Wildman–Crippen MR) is 118 cm³/mol. The van der Waals surface area contributed by atoms with Gasteiger partial charge in [-0.25, -0.2) is 0 Å². The number of carbonyl (C=O) groups is 1. The van der Waals surface area contributed by atoms with Crippen LogP contribution in [-0.4, -0.2) is 6.29 Å². The Labute approximate surface area is 163 Å². The number of benzene rings is 5. The lowest BCUT2D eigenvalue weighted by Crippen LogP contribution is -1.92. The first-order chi connectivity index (χ1) is 13.9. The van der Waals surface area contributed by atoms with E-state index in [1.165, 1.54) is 27.5 Å². The van der Waals surface area contributed by atoms with E-state index in [-0.39, 0.29) is 0 Å². The summed E-state index contributed by atoms with van der Waals surface area (Å²) >= 11 is 0. The van der Waals surface area contributed by atoms with Crippen LogP contribution in [0.2, 0.25) is 0 Å². The van der Waals surface area contributed by atoms with Crippen LogP contribution in [-0.2, 0) is 0 Å². The zero-order chi connectivity index (χ0) is 18.9. The fourth-order valence-corrected chi connectivity index (χ4v) is 4.10. The average Bonchev–Trinajstić information content (AvgIpc) is 2.78. The summed E-state index contributed by atoms with van der Waals surface area (Å²) in [6.07, 6.45) is 0.922. The second-order valence-corrected chi connectivity index (χ2v) is 6.95. The molecule has 0 aromatic heterocycles. The average molecular weight is 358 g/mol. The number of hydrogen-bond acceptors (Lipinski definition) is 1. The summed E-state index contributed by atoms with van der Waals surface area (Å²) in [5.41, 5.74) is 5.42. The van der Waals surface area contributed by atoms with Gasteiger partial charge in [-0.15, -0.1) is 0 Å². The van der Waals surface area contributed by atoms with Gasteiger partial charge in [0.15, 0.2) is 0 Å². The molecule has 132 valence electrons. The van der Waals surface area contributed by atoms with Gasteiger partial charge in [-0.2, -0.15) is 0 Å². The molecule has 1 heteroatoms. The molecule has 0 N–H and O–H groups in total. The first-order valence-electron chi connectivity index (χ1n) is 9.41. The van der Waals surface area contributed by atoms with Crippen molar-refractivity contribution in [1.29, 1.82) is 0 Å². The highest BCUT2D eigenvalue weighted by Crippen LogP contribution is 2.43. The van der Waals surface area contributed by atoms with Crippen LogP contribution in [0.3, 0.4) is 0 Å². The zero-order valence-corrected chi connectivity index (χ0v) is 15.3. The molecule has 5 aromatic rings. The highest BCUT2D eigenvalue weighted by atomic mass is 16.1. The number of carbonyl (C=O) groups excluding carboxylic acids is 1. The van der Waals surface area contributed by atoms with E-state index < -0.39 is 0 Å².